The van der Waals surface area contributed by atoms with Gasteiger partial charge in [-0.1, -0.05) is 24.3 Å². The van der Waals surface area contributed by atoms with Gasteiger partial charge in [0.1, 0.15) is 5.69 Å². The molecule has 0 saturated carbocycles. The first-order chi connectivity index (χ1) is 12.7. The third-order valence-electron chi connectivity index (χ3n) is 3.76. The minimum absolute atomic E-state index is 0.157. The van der Waals surface area contributed by atoms with E-state index in [1.807, 2.05) is 25.1 Å². The van der Waals surface area contributed by atoms with E-state index < -0.39 is 10.0 Å². The molecular weight excluding hydrogens is 366 g/mol. The molecular formula is C18H19N5O3S. The topological polar surface area (TPSA) is 109 Å². The Labute approximate surface area is 156 Å². The average Bonchev–Trinajstić information content (AvgIpc) is 2.88. The molecule has 3 aromatic rings. The molecule has 0 aliphatic heterocycles. The van der Waals surface area contributed by atoms with Crippen molar-refractivity contribution in [2.24, 2.45) is 10.2 Å². The summed E-state index contributed by atoms with van der Waals surface area (Å²) in [6.45, 7) is 3.56. The Morgan fingerprint density at radius 2 is 1.74 bits per heavy atom. The van der Waals surface area contributed by atoms with Gasteiger partial charge in [0.2, 0.25) is 10.0 Å². The number of H-pyrrole nitrogens is 1. The molecule has 3 rings (SSSR count). The largest absolute Gasteiger partial charge is 0.299 e. The first-order valence-electron chi connectivity index (χ1n) is 8.12. The standard InChI is InChI=1S/C18H19N5O3S/c1-12-9-10-15(16(11-12)22-27(3,25)26)19-20-17-13(2)21-23(18(17)24)14-7-5-4-6-8-14/h4-11,21-22H,1-3H3. The summed E-state index contributed by atoms with van der Waals surface area (Å²) in [4.78, 5) is 12.6. The van der Waals surface area contributed by atoms with E-state index in [4.69, 9.17) is 0 Å². The van der Waals surface area contributed by atoms with Crippen molar-refractivity contribution >= 4 is 27.1 Å². The normalized spacial score (nSPS) is 11.8. The summed E-state index contributed by atoms with van der Waals surface area (Å²) in [5, 5.41) is 11.1. The summed E-state index contributed by atoms with van der Waals surface area (Å²) in [6, 6.07) is 14.2. The third kappa shape index (κ3) is 4.32. The summed E-state index contributed by atoms with van der Waals surface area (Å²) in [5.74, 6) is 0. The van der Waals surface area contributed by atoms with Gasteiger partial charge in [0.15, 0.2) is 5.69 Å². The number of azo groups is 1. The third-order valence-corrected chi connectivity index (χ3v) is 4.35. The summed E-state index contributed by atoms with van der Waals surface area (Å²) < 4.78 is 26.9. The van der Waals surface area contributed by atoms with Gasteiger partial charge in [0, 0.05) is 0 Å². The van der Waals surface area contributed by atoms with Gasteiger partial charge < -0.3 is 0 Å². The van der Waals surface area contributed by atoms with Crippen molar-refractivity contribution in [3.05, 3.63) is 70.1 Å². The number of nitrogens with one attached hydrogen (secondary N) is 2. The lowest BCUT2D eigenvalue weighted by molar-refractivity contribution is 0.607. The number of hydrogen-bond acceptors (Lipinski definition) is 5. The van der Waals surface area contributed by atoms with Crippen molar-refractivity contribution in [3.8, 4) is 5.69 Å². The van der Waals surface area contributed by atoms with E-state index in [0.29, 0.717) is 22.8 Å². The maximum Gasteiger partial charge on any atom is 0.299 e. The molecule has 0 spiro atoms. The van der Waals surface area contributed by atoms with Crippen molar-refractivity contribution in [1.82, 2.24) is 9.78 Å². The minimum Gasteiger partial charge on any atom is -0.293 e. The summed E-state index contributed by atoms with van der Waals surface area (Å²) in [5.41, 5.74) is 2.54. The van der Waals surface area contributed by atoms with Gasteiger partial charge in [0.05, 0.1) is 23.3 Å². The summed E-state index contributed by atoms with van der Waals surface area (Å²) in [7, 11) is -3.47. The molecule has 8 nitrogen and oxygen atoms in total. The number of benzene rings is 2. The molecule has 0 amide bonds. The average molecular weight is 385 g/mol. The number of sulfonamides is 1. The number of aromatic amines is 1. The predicted octanol–water partition coefficient (Wildman–Crippen LogP) is 3.57. The molecule has 140 valence electrons. The first kappa shape index (κ1) is 18.6. The number of aromatic nitrogens is 2. The lowest BCUT2D eigenvalue weighted by Crippen LogP contribution is -2.13. The van der Waals surface area contributed by atoms with Gasteiger partial charge in [-0.15, -0.1) is 10.2 Å². The zero-order valence-corrected chi connectivity index (χ0v) is 15.9. The van der Waals surface area contributed by atoms with Crippen LogP contribution < -0.4 is 10.3 Å². The van der Waals surface area contributed by atoms with E-state index in [1.165, 1.54) is 4.68 Å². The Morgan fingerprint density at radius 1 is 1.04 bits per heavy atom. The SMILES string of the molecule is Cc1ccc(N=Nc2c(C)[nH]n(-c3ccccc3)c2=O)c(NS(C)(=O)=O)c1. The predicted molar refractivity (Wildman–Crippen MR) is 105 cm³/mol. The highest BCUT2D eigenvalue weighted by atomic mass is 32.2. The van der Waals surface area contributed by atoms with Crippen LogP contribution in [0.1, 0.15) is 11.3 Å². The second-order valence-corrected chi connectivity index (χ2v) is 7.90. The minimum atomic E-state index is -3.47. The number of nitrogens with zero attached hydrogens (tertiary/aromatic N) is 3. The molecule has 0 unspecified atom stereocenters. The van der Waals surface area contributed by atoms with E-state index in [1.54, 1.807) is 37.3 Å². The molecule has 0 aliphatic carbocycles. The van der Waals surface area contributed by atoms with Crippen LogP contribution in [0.2, 0.25) is 0 Å². The monoisotopic (exact) mass is 385 g/mol. The van der Waals surface area contributed by atoms with E-state index in [-0.39, 0.29) is 11.2 Å². The van der Waals surface area contributed by atoms with Crippen molar-refractivity contribution < 1.29 is 8.42 Å². The maximum atomic E-state index is 12.6. The van der Waals surface area contributed by atoms with Crippen LogP contribution in [0.3, 0.4) is 0 Å². The molecule has 1 heterocycles. The smallest absolute Gasteiger partial charge is 0.293 e. The molecule has 1 aromatic heterocycles. The van der Waals surface area contributed by atoms with E-state index >= 15 is 0 Å². The lowest BCUT2D eigenvalue weighted by atomic mass is 10.2. The second kappa shape index (κ2) is 7.20. The van der Waals surface area contributed by atoms with Gasteiger partial charge in [0.25, 0.3) is 5.56 Å². The number of aryl methyl sites for hydroxylation is 2. The Morgan fingerprint density at radius 3 is 2.41 bits per heavy atom. The fraction of sp³-hybridized carbons (Fsp3) is 0.167. The lowest BCUT2D eigenvalue weighted by Gasteiger charge is -2.07. The molecule has 0 saturated heterocycles. The zero-order chi connectivity index (χ0) is 19.6. The number of hydrogen-bond donors (Lipinski definition) is 2. The Balaban J connectivity index is 2.01. The molecule has 0 atom stereocenters. The van der Waals surface area contributed by atoms with Crippen LogP contribution in [0.15, 0.2) is 63.6 Å². The Kier molecular flexibility index (Phi) is 4.95. The maximum absolute atomic E-state index is 12.6. The fourth-order valence-electron chi connectivity index (χ4n) is 2.54. The molecule has 27 heavy (non-hydrogen) atoms. The Hall–Kier alpha value is -3.20. The second-order valence-electron chi connectivity index (χ2n) is 6.16. The van der Waals surface area contributed by atoms with E-state index in [9.17, 15) is 13.2 Å². The van der Waals surface area contributed by atoms with Crippen LogP contribution in [0.25, 0.3) is 5.69 Å². The van der Waals surface area contributed by atoms with Crippen molar-refractivity contribution in [2.75, 3.05) is 11.0 Å². The highest BCUT2D eigenvalue weighted by Gasteiger charge is 2.13. The fourth-order valence-corrected chi connectivity index (χ4v) is 3.10. The van der Waals surface area contributed by atoms with E-state index in [0.717, 1.165) is 11.8 Å². The zero-order valence-electron chi connectivity index (χ0n) is 15.1. The molecule has 0 radical (unpaired) electrons. The van der Waals surface area contributed by atoms with Crippen molar-refractivity contribution in [2.45, 2.75) is 13.8 Å². The molecule has 0 fully saturated rings. The highest BCUT2D eigenvalue weighted by Crippen LogP contribution is 2.28. The van der Waals surface area contributed by atoms with Gasteiger partial charge in [-0.3, -0.25) is 14.6 Å². The van der Waals surface area contributed by atoms with Gasteiger partial charge in [-0.25, -0.2) is 13.1 Å². The van der Waals surface area contributed by atoms with E-state index in [2.05, 4.69) is 20.0 Å². The van der Waals surface area contributed by atoms with Gasteiger partial charge in [-0.2, -0.15) is 0 Å². The summed E-state index contributed by atoms with van der Waals surface area (Å²) in [6.07, 6.45) is 1.06. The van der Waals surface area contributed by atoms with Crippen LogP contribution in [0.5, 0.6) is 0 Å². The van der Waals surface area contributed by atoms with Crippen LogP contribution in [0, 0.1) is 13.8 Å². The van der Waals surface area contributed by atoms with Gasteiger partial charge in [-0.05, 0) is 43.7 Å². The van der Waals surface area contributed by atoms with Crippen LogP contribution in [0.4, 0.5) is 17.1 Å². The van der Waals surface area contributed by atoms with Crippen molar-refractivity contribution in [3.63, 3.8) is 0 Å². The number of anilines is 1. The molecule has 2 N–H and O–H groups in total. The molecule has 0 bridgehead atoms. The number of rotatable bonds is 5. The quantitative estimate of drug-likeness (QED) is 0.655. The van der Waals surface area contributed by atoms with Crippen LogP contribution in [-0.2, 0) is 10.0 Å². The molecule has 2 aromatic carbocycles. The van der Waals surface area contributed by atoms with Crippen LogP contribution in [-0.4, -0.2) is 24.5 Å². The van der Waals surface area contributed by atoms with Crippen LogP contribution >= 0.6 is 0 Å². The Bertz CT molecular complexity index is 1160. The highest BCUT2D eigenvalue weighted by molar-refractivity contribution is 7.92. The first-order valence-corrected chi connectivity index (χ1v) is 10.0. The summed E-state index contributed by atoms with van der Waals surface area (Å²) >= 11 is 0. The van der Waals surface area contributed by atoms with Crippen molar-refractivity contribution in [1.29, 1.82) is 0 Å². The number of para-hydroxylation sites is 1. The molecule has 0 aliphatic rings. The molecule has 9 heteroatoms. The van der Waals surface area contributed by atoms with Gasteiger partial charge >= 0.3 is 0 Å².